The number of alkyl halides is 3. The van der Waals surface area contributed by atoms with Crippen LogP contribution in [0.25, 0.3) is 0 Å². The molecule has 0 amide bonds. The highest BCUT2D eigenvalue weighted by Gasteiger charge is 2.56. The topological polar surface area (TPSA) is 105 Å². The van der Waals surface area contributed by atoms with Crippen LogP contribution in [0.3, 0.4) is 0 Å². The number of anilines is 1. The van der Waals surface area contributed by atoms with Gasteiger partial charge >= 0.3 is 6.18 Å². The van der Waals surface area contributed by atoms with Crippen molar-refractivity contribution >= 4 is 15.7 Å². The van der Waals surface area contributed by atoms with E-state index in [0.717, 1.165) is 6.20 Å². The Labute approximate surface area is 125 Å². The third-order valence-corrected chi connectivity index (χ3v) is 4.73. The Morgan fingerprint density at radius 2 is 2.18 bits per heavy atom. The molecule has 1 saturated carbocycles. The number of nitrogens with two attached hydrogens (primary N) is 1. The second kappa shape index (κ2) is 5.67. The lowest BCUT2D eigenvalue weighted by atomic mass is 9.99. The van der Waals surface area contributed by atoms with Crippen molar-refractivity contribution in [3.8, 4) is 0 Å². The zero-order valence-electron chi connectivity index (χ0n) is 11.5. The standard InChI is InChI=1S/C12H16F3N3O3S/c13-12(14,15)11(19)3-1-8(5-11)6-18-9-2-4-17-7-10(9)22(16,20)21/h2,4,7-8,19H,1,3,5-6H2,(H,17,18)(H2,16,20,21). The molecule has 2 atom stereocenters. The summed E-state index contributed by atoms with van der Waals surface area (Å²) in [4.78, 5) is 3.44. The van der Waals surface area contributed by atoms with E-state index in [1.807, 2.05) is 0 Å². The normalized spacial score (nSPS) is 26.1. The maximum absolute atomic E-state index is 12.7. The van der Waals surface area contributed by atoms with E-state index in [-0.39, 0.29) is 30.0 Å². The molecule has 2 rings (SSSR count). The number of pyridine rings is 1. The number of hydrogen-bond donors (Lipinski definition) is 3. The summed E-state index contributed by atoms with van der Waals surface area (Å²) >= 11 is 0. The molecule has 1 fully saturated rings. The SMILES string of the molecule is NS(=O)(=O)c1cnccc1NCC1CCC(O)(C(F)(F)F)C1. The molecule has 0 spiro atoms. The van der Waals surface area contributed by atoms with Crippen molar-refractivity contribution in [1.29, 1.82) is 0 Å². The Morgan fingerprint density at radius 1 is 1.50 bits per heavy atom. The van der Waals surface area contributed by atoms with Gasteiger partial charge < -0.3 is 10.4 Å². The first-order valence-corrected chi connectivity index (χ1v) is 8.07. The molecule has 10 heteroatoms. The molecule has 0 aliphatic heterocycles. The average molecular weight is 339 g/mol. The van der Waals surface area contributed by atoms with Crippen LogP contribution in [0.1, 0.15) is 19.3 Å². The molecule has 22 heavy (non-hydrogen) atoms. The van der Waals surface area contributed by atoms with Crippen LogP contribution in [0.2, 0.25) is 0 Å². The predicted octanol–water partition coefficient (Wildman–Crippen LogP) is 1.23. The Bertz CT molecular complexity index is 651. The fourth-order valence-electron chi connectivity index (χ4n) is 2.56. The van der Waals surface area contributed by atoms with Gasteiger partial charge in [-0.25, -0.2) is 13.6 Å². The molecule has 1 aromatic rings. The second-order valence-corrected chi connectivity index (χ2v) is 6.97. The van der Waals surface area contributed by atoms with Crippen LogP contribution >= 0.6 is 0 Å². The fourth-order valence-corrected chi connectivity index (χ4v) is 3.22. The van der Waals surface area contributed by atoms with E-state index < -0.39 is 34.1 Å². The van der Waals surface area contributed by atoms with E-state index in [0.29, 0.717) is 0 Å². The van der Waals surface area contributed by atoms with Crippen molar-refractivity contribution in [1.82, 2.24) is 4.98 Å². The summed E-state index contributed by atoms with van der Waals surface area (Å²) in [7, 11) is -3.98. The molecule has 6 nitrogen and oxygen atoms in total. The molecular weight excluding hydrogens is 323 g/mol. The van der Waals surface area contributed by atoms with Crippen molar-refractivity contribution in [2.75, 3.05) is 11.9 Å². The molecule has 0 radical (unpaired) electrons. The Kier molecular flexibility index (Phi) is 4.37. The Hall–Kier alpha value is -1.39. The van der Waals surface area contributed by atoms with E-state index in [4.69, 9.17) is 5.14 Å². The van der Waals surface area contributed by atoms with Gasteiger partial charge in [-0.05, 0) is 31.2 Å². The number of sulfonamides is 1. The summed E-state index contributed by atoms with van der Waals surface area (Å²) in [5, 5.41) is 17.4. The van der Waals surface area contributed by atoms with Gasteiger partial charge in [-0.15, -0.1) is 0 Å². The van der Waals surface area contributed by atoms with Gasteiger partial charge in [0.25, 0.3) is 0 Å². The Balaban J connectivity index is 2.05. The molecule has 1 aliphatic rings. The lowest BCUT2D eigenvalue weighted by molar-refractivity contribution is -0.258. The third-order valence-electron chi connectivity index (χ3n) is 3.79. The quantitative estimate of drug-likeness (QED) is 0.765. The highest BCUT2D eigenvalue weighted by Crippen LogP contribution is 2.45. The number of rotatable bonds is 4. The van der Waals surface area contributed by atoms with Crippen molar-refractivity contribution in [2.24, 2.45) is 11.1 Å². The van der Waals surface area contributed by atoms with Gasteiger partial charge in [-0.2, -0.15) is 13.2 Å². The van der Waals surface area contributed by atoms with Gasteiger partial charge in [-0.3, -0.25) is 4.98 Å². The largest absolute Gasteiger partial charge is 0.417 e. The van der Waals surface area contributed by atoms with Crippen molar-refractivity contribution < 1.29 is 26.7 Å². The van der Waals surface area contributed by atoms with E-state index in [1.165, 1.54) is 12.3 Å². The number of aromatic nitrogens is 1. The van der Waals surface area contributed by atoms with E-state index >= 15 is 0 Å². The van der Waals surface area contributed by atoms with Crippen molar-refractivity contribution in [3.63, 3.8) is 0 Å². The lowest BCUT2D eigenvalue weighted by Crippen LogP contribution is -2.42. The molecule has 124 valence electrons. The first-order valence-electron chi connectivity index (χ1n) is 6.53. The monoisotopic (exact) mass is 339 g/mol. The van der Waals surface area contributed by atoms with Crippen LogP contribution in [0.15, 0.2) is 23.4 Å². The molecule has 0 saturated heterocycles. The summed E-state index contributed by atoms with van der Waals surface area (Å²) in [5.74, 6) is -0.423. The molecule has 0 bridgehead atoms. The molecule has 2 unspecified atom stereocenters. The molecule has 1 heterocycles. The average Bonchev–Trinajstić information content (AvgIpc) is 2.78. The first kappa shape index (κ1) is 17.0. The maximum Gasteiger partial charge on any atom is 0.417 e. The minimum atomic E-state index is -4.66. The number of hydrogen-bond acceptors (Lipinski definition) is 5. The van der Waals surface area contributed by atoms with Gasteiger partial charge in [0.1, 0.15) is 4.90 Å². The Morgan fingerprint density at radius 3 is 2.73 bits per heavy atom. The van der Waals surface area contributed by atoms with Crippen LogP contribution in [-0.2, 0) is 10.0 Å². The predicted molar refractivity (Wildman–Crippen MR) is 72.4 cm³/mol. The zero-order valence-corrected chi connectivity index (χ0v) is 12.3. The van der Waals surface area contributed by atoms with Crippen LogP contribution in [0, 0.1) is 5.92 Å². The summed E-state index contributed by atoms with van der Waals surface area (Å²) in [6.07, 6.45) is -2.83. The number of halogens is 3. The third kappa shape index (κ3) is 3.50. The lowest BCUT2D eigenvalue weighted by Gasteiger charge is -2.26. The van der Waals surface area contributed by atoms with E-state index in [9.17, 15) is 26.7 Å². The number of primary sulfonamides is 1. The minimum Gasteiger partial charge on any atom is -0.384 e. The van der Waals surface area contributed by atoms with E-state index in [1.54, 1.807) is 0 Å². The van der Waals surface area contributed by atoms with Crippen molar-refractivity contribution in [2.45, 2.75) is 35.9 Å². The smallest absolute Gasteiger partial charge is 0.384 e. The minimum absolute atomic E-state index is 0.102. The molecule has 4 N–H and O–H groups in total. The van der Waals surface area contributed by atoms with Gasteiger partial charge in [0.05, 0.1) is 5.69 Å². The summed E-state index contributed by atoms with van der Waals surface area (Å²) < 4.78 is 61.0. The fraction of sp³-hybridized carbons (Fsp3) is 0.583. The van der Waals surface area contributed by atoms with Crippen LogP contribution < -0.4 is 10.5 Å². The van der Waals surface area contributed by atoms with Gasteiger partial charge in [0.15, 0.2) is 5.60 Å². The summed E-state index contributed by atoms with van der Waals surface area (Å²) in [6, 6.07) is 1.38. The number of nitrogens with one attached hydrogen (secondary N) is 1. The first-order chi connectivity index (χ1) is 10.0. The molecule has 1 aromatic heterocycles. The van der Waals surface area contributed by atoms with Gasteiger partial charge in [0.2, 0.25) is 10.0 Å². The number of aliphatic hydroxyl groups is 1. The molecule has 1 aliphatic carbocycles. The number of nitrogens with zero attached hydrogens (tertiary/aromatic N) is 1. The summed E-state index contributed by atoms with van der Waals surface area (Å²) in [5.41, 5.74) is -2.49. The second-order valence-electron chi connectivity index (χ2n) is 5.44. The van der Waals surface area contributed by atoms with Crippen LogP contribution in [-0.4, -0.2) is 36.8 Å². The summed E-state index contributed by atoms with van der Waals surface area (Å²) in [6.45, 7) is 0.102. The molecule has 0 aromatic carbocycles. The van der Waals surface area contributed by atoms with Gasteiger partial charge in [-0.1, -0.05) is 0 Å². The van der Waals surface area contributed by atoms with Crippen LogP contribution in [0.5, 0.6) is 0 Å². The highest BCUT2D eigenvalue weighted by atomic mass is 32.2. The van der Waals surface area contributed by atoms with Crippen molar-refractivity contribution in [3.05, 3.63) is 18.5 Å². The zero-order chi connectivity index (χ0) is 16.6. The van der Waals surface area contributed by atoms with E-state index in [2.05, 4.69) is 10.3 Å². The molecular formula is C12H16F3N3O3S. The van der Waals surface area contributed by atoms with Gasteiger partial charge in [0, 0.05) is 18.9 Å². The van der Waals surface area contributed by atoms with Crippen LogP contribution in [0.4, 0.5) is 18.9 Å². The highest BCUT2D eigenvalue weighted by molar-refractivity contribution is 7.89. The maximum atomic E-state index is 12.7.